The molecule has 0 bridgehead atoms. The smallest absolute Gasteiger partial charge is 0.227 e. The number of benzene rings is 1. The number of aromatic nitrogens is 2. The third kappa shape index (κ3) is 3.08. The van der Waals surface area contributed by atoms with Crippen LogP contribution in [0.3, 0.4) is 0 Å². The molecule has 22 heavy (non-hydrogen) atoms. The molecule has 0 spiro atoms. The Morgan fingerprint density at radius 1 is 1.32 bits per heavy atom. The van der Waals surface area contributed by atoms with Gasteiger partial charge in [-0.2, -0.15) is 0 Å². The summed E-state index contributed by atoms with van der Waals surface area (Å²) < 4.78 is 0. The molecule has 3 rings (SSSR count). The summed E-state index contributed by atoms with van der Waals surface area (Å²) in [5, 5.41) is 3.14. The molecule has 2 heterocycles. The second kappa shape index (κ2) is 6.56. The van der Waals surface area contributed by atoms with Crippen molar-refractivity contribution in [2.24, 2.45) is 0 Å². The second-order valence-corrected chi connectivity index (χ2v) is 5.55. The first-order valence-electron chi connectivity index (χ1n) is 7.64. The Labute approximate surface area is 130 Å². The van der Waals surface area contributed by atoms with Crippen LogP contribution < -0.4 is 10.2 Å². The maximum atomic E-state index is 12.5. The molecule has 5 heteroatoms. The average molecular weight is 296 g/mol. The first-order valence-corrected chi connectivity index (χ1v) is 7.64. The van der Waals surface area contributed by atoms with E-state index >= 15 is 0 Å². The molecule has 0 saturated carbocycles. The normalized spacial score (nSPS) is 16.0. The molecule has 1 aromatic carbocycles. The number of nitrogens with one attached hydrogen (secondary N) is 1. The van der Waals surface area contributed by atoms with E-state index in [0.29, 0.717) is 0 Å². The highest BCUT2D eigenvalue weighted by Gasteiger charge is 2.31. The van der Waals surface area contributed by atoms with Crippen molar-refractivity contribution in [2.75, 3.05) is 18.0 Å². The van der Waals surface area contributed by atoms with Crippen LogP contribution in [-0.4, -0.2) is 35.0 Å². The van der Waals surface area contributed by atoms with Crippen molar-refractivity contribution >= 4 is 11.7 Å². The van der Waals surface area contributed by atoms with Crippen LogP contribution >= 0.6 is 0 Å². The summed E-state index contributed by atoms with van der Waals surface area (Å²) in [6.07, 6.45) is 5.89. The van der Waals surface area contributed by atoms with Crippen molar-refractivity contribution in [3.05, 3.63) is 54.5 Å². The zero-order valence-electron chi connectivity index (χ0n) is 12.6. The molecule has 5 nitrogen and oxygen atoms in total. The van der Waals surface area contributed by atoms with Crippen LogP contribution in [-0.2, 0) is 4.79 Å². The minimum Gasteiger partial charge on any atom is -0.351 e. The Kier molecular flexibility index (Phi) is 4.32. The molecule has 1 aliphatic heterocycles. The number of rotatable bonds is 5. The van der Waals surface area contributed by atoms with Crippen molar-refractivity contribution < 1.29 is 4.79 Å². The molecular formula is C17H20N4O. The standard InChI is InChI=1S/C17H20N4O/c1-2-15(13-6-4-3-5-7-13)17(22)20-14-11-21(12-14)16-10-18-8-9-19-16/h3-10,14-15H,2,11-12H2,1H3,(H,20,22). The summed E-state index contributed by atoms with van der Waals surface area (Å²) in [6.45, 7) is 3.62. The van der Waals surface area contributed by atoms with Gasteiger partial charge in [-0.1, -0.05) is 37.3 Å². The largest absolute Gasteiger partial charge is 0.351 e. The molecule has 1 amide bonds. The highest BCUT2D eigenvalue weighted by atomic mass is 16.2. The van der Waals surface area contributed by atoms with Gasteiger partial charge in [0.1, 0.15) is 5.82 Å². The molecule has 1 aliphatic rings. The van der Waals surface area contributed by atoms with Crippen LogP contribution in [0.2, 0.25) is 0 Å². The van der Waals surface area contributed by atoms with Crippen molar-refractivity contribution in [1.82, 2.24) is 15.3 Å². The molecule has 114 valence electrons. The third-order valence-corrected chi connectivity index (χ3v) is 4.03. The summed E-state index contributed by atoms with van der Waals surface area (Å²) in [5.41, 5.74) is 1.08. The number of hydrogen-bond donors (Lipinski definition) is 1. The maximum absolute atomic E-state index is 12.5. The van der Waals surface area contributed by atoms with Crippen molar-refractivity contribution in [3.63, 3.8) is 0 Å². The Morgan fingerprint density at radius 3 is 2.73 bits per heavy atom. The van der Waals surface area contributed by atoms with Crippen LogP contribution in [0.15, 0.2) is 48.9 Å². The summed E-state index contributed by atoms with van der Waals surface area (Å²) in [7, 11) is 0. The molecule has 1 saturated heterocycles. The van der Waals surface area contributed by atoms with E-state index < -0.39 is 0 Å². The molecule has 1 aromatic heterocycles. The minimum atomic E-state index is -0.0771. The van der Waals surface area contributed by atoms with E-state index in [0.717, 1.165) is 30.9 Å². The SMILES string of the molecule is CCC(C(=O)NC1CN(c2cnccn2)C1)c1ccccc1. The highest BCUT2D eigenvalue weighted by molar-refractivity contribution is 5.84. The average Bonchev–Trinajstić information content (AvgIpc) is 2.53. The summed E-state index contributed by atoms with van der Waals surface area (Å²) in [4.78, 5) is 22.9. The van der Waals surface area contributed by atoms with Crippen LogP contribution in [0, 0.1) is 0 Å². The van der Waals surface area contributed by atoms with E-state index in [1.165, 1.54) is 0 Å². The van der Waals surface area contributed by atoms with Crippen LogP contribution in [0.5, 0.6) is 0 Å². The summed E-state index contributed by atoms with van der Waals surface area (Å²) >= 11 is 0. The Balaban J connectivity index is 1.55. The van der Waals surface area contributed by atoms with Gasteiger partial charge in [-0.25, -0.2) is 4.98 Å². The highest BCUT2D eigenvalue weighted by Crippen LogP contribution is 2.21. The van der Waals surface area contributed by atoms with E-state index in [1.54, 1.807) is 18.6 Å². The Hall–Kier alpha value is -2.43. The fraction of sp³-hybridized carbons (Fsp3) is 0.353. The number of anilines is 1. The maximum Gasteiger partial charge on any atom is 0.227 e. The van der Waals surface area contributed by atoms with Crippen molar-refractivity contribution in [1.29, 1.82) is 0 Å². The molecule has 1 unspecified atom stereocenters. The summed E-state index contributed by atoms with van der Waals surface area (Å²) in [6, 6.07) is 10.1. The summed E-state index contributed by atoms with van der Waals surface area (Å²) in [5.74, 6) is 0.896. The van der Waals surface area contributed by atoms with E-state index in [2.05, 4.69) is 20.2 Å². The fourth-order valence-corrected chi connectivity index (χ4v) is 2.77. The van der Waals surface area contributed by atoms with Crippen LogP contribution in [0.4, 0.5) is 5.82 Å². The molecule has 2 aromatic rings. The predicted molar refractivity (Wildman–Crippen MR) is 85.6 cm³/mol. The van der Waals surface area contributed by atoms with Gasteiger partial charge in [-0.3, -0.25) is 9.78 Å². The van der Waals surface area contributed by atoms with Gasteiger partial charge >= 0.3 is 0 Å². The quantitative estimate of drug-likeness (QED) is 0.916. The topological polar surface area (TPSA) is 58.1 Å². The van der Waals surface area contributed by atoms with Crippen molar-refractivity contribution in [2.45, 2.75) is 25.3 Å². The molecule has 1 N–H and O–H groups in total. The molecule has 1 fully saturated rings. The number of nitrogens with zero attached hydrogens (tertiary/aromatic N) is 3. The second-order valence-electron chi connectivity index (χ2n) is 5.55. The number of carbonyl (C=O) groups is 1. The van der Waals surface area contributed by atoms with Gasteiger partial charge in [-0.05, 0) is 12.0 Å². The lowest BCUT2D eigenvalue weighted by molar-refractivity contribution is -0.123. The lowest BCUT2D eigenvalue weighted by atomic mass is 9.95. The number of hydrogen-bond acceptors (Lipinski definition) is 4. The minimum absolute atomic E-state index is 0.0771. The first kappa shape index (κ1) is 14.5. The number of amides is 1. The van der Waals surface area contributed by atoms with Gasteiger partial charge in [0.2, 0.25) is 5.91 Å². The molecule has 1 atom stereocenters. The zero-order valence-corrected chi connectivity index (χ0v) is 12.6. The van der Waals surface area contributed by atoms with Gasteiger partial charge in [0, 0.05) is 25.5 Å². The molecular weight excluding hydrogens is 276 g/mol. The third-order valence-electron chi connectivity index (χ3n) is 4.03. The first-order chi connectivity index (χ1) is 10.8. The van der Waals surface area contributed by atoms with Gasteiger partial charge in [0.05, 0.1) is 18.2 Å². The van der Waals surface area contributed by atoms with E-state index in [4.69, 9.17) is 0 Å². The van der Waals surface area contributed by atoms with Gasteiger partial charge in [0.15, 0.2) is 0 Å². The molecule has 0 aliphatic carbocycles. The lowest BCUT2D eigenvalue weighted by Crippen LogP contribution is -2.60. The van der Waals surface area contributed by atoms with Crippen LogP contribution in [0.1, 0.15) is 24.8 Å². The Bertz CT molecular complexity index is 611. The monoisotopic (exact) mass is 296 g/mol. The van der Waals surface area contributed by atoms with Crippen LogP contribution in [0.25, 0.3) is 0 Å². The Morgan fingerprint density at radius 2 is 2.09 bits per heavy atom. The fourth-order valence-electron chi connectivity index (χ4n) is 2.77. The van der Waals surface area contributed by atoms with E-state index in [1.807, 2.05) is 37.3 Å². The number of carbonyl (C=O) groups excluding carboxylic acids is 1. The van der Waals surface area contributed by atoms with E-state index in [9.17, 15) is 4.79 Å². The van der Waals surface area contributed by atoms with Gasteiger partial charge in [-0.15, -0.1) is 0 Å². The van der Waals surface area contributed by atoms with Gasteiger partial charge < -0.3 is 10.2 Å². The van der Waals surface area contributed by atoms with Gasteiger partial charge in [0.25, 0.3) is 0 Å². The van der Waals surface area contributed by atoms with E-state index in [-0.39, 0.29) is 17.9 Å². The lowest BCUT2D eigenvalue weighted by Gasteiger charge is -2.40. The van der Waals surface area contributed by atoms with Crippen molar-refractivity contribution in [3.8, 4) is 0 Å². The zero-order chi connectivity index (χ0) is 15.4. The molecule has 0 radical (unpaired) electrons. The predicted octanol–water partition coefficient (Wildman–Crippen LogP) is 1.98.